The zero-order valence-corrected chi connectivity index (χ0v) is 20.8. The van der Waals surface area contributed by atoms with Crippen molar-refractivity contribution in [1.29, 1.82) is 0 Å². The minimum atomic E-state index is -1.07. The molecule has 182 valence electrons. The summed E-state index contributed by atoms with van der Waals surface area (Å²) in [6.45, 7) is 3.19. The molecule has 1 unspecified atom stereocenters. The molecule has 1 amide bonds. The average molecular weight is 487 g/mol. The number of nitrogens with zero attached hydrogens (tertiary/aromatic N) is 2. The fourth-order valence-electron chi connectivity index (χ4n) is 3.87. The van der Waals surface area contributed by atoms with Gasteiger partial charge in [-0.2, -0.15) is 0 Å². The summed E-state index contributed by atoms with van der Waals surface area (Å²) in [7, 11) is 5.32. The van der Waals surface area contributed by atoms with Crippen LogP contribution in [0.2, 0.25) is 0 Å². The van der Waals surface area contributed by atoms with Gasteiger partial charge in [0.25, 0.3) is 5.91 Å². The number of esters is 2. The van der Waals surface area contributed by atoms with E-state index < -0.39 is 29.4 Å². The summed E-state index contributed by atoms with van der Waals surface area (Å²) in [5.74, 6) is -0.658. The van der Waals surface area contributed by atoms with Crippen LogP contribution in [0.3, 0.4) is 0 Å². The van der Waals surface area contributed by atoms with Gasteiger partial charge < -0.3 is 24.0 Å². The Morgan fingerprint density at radius 1 is 1.06 bits per heavy atom. The zero-order chi connectivity index (χ0) is 24.8. The van der Waals surface area contributed by atoms with E-state index in [9.17, 15) is 14.4 Å². The van der Waals surface area contributed by atoms with E-state index in [1.165, 1.54) is 25.6 Å². The van der Waals surface area contributed by atoms with Gasteiger partial charge in [-0.05, 0) is 43.9 Å². The number of para-hydroxylation sites is 1. The van der Waals surface area contributed by atoms with Crippen molar-refractivity contribution in [2.24, 2.45) is 0 Å². The SMILES string of the molecule is COc1ccc([C@H]2Sc3ccccc3N(CC(CN(C)C)OC(C)=O)C(=O)[C@H]2OC(C)=O)cc1. The largest absolute Gasteiger partial charge is 0.497 e. The van der Waals surface area contributed by atoms with Crippen molar-refractivity contribution < 1.29 is 28.6 Å². The molecule has 1 heterocycles. The smallest absolute Gasteiger partial charge is 0.303 e. The highest BCUT2D eigenvalue weighted by molar-refractivity contribution is 7.99. The van der Waals surface area contributed by atoms with Gasteiger partial charge in [-0.3, -0.25) is 14.4 Å². The summed E-state index contributed by atoms with van der Waals surface area (Å²) in [6, 6.07) is 14.9. The van der Waals surface area contributed by atoms with Crippen molar-refractivity contribution >= 4 is 35.3 Å². The third-order valence-corrected chi connectivity index (χ3v) is 6.59. The minimum absolute atomic E-state index is 0.126. The molecule has 1 aliphatic rings. The number of hydrogen-bond donors (Lipinski definition) is 0. The van der Waals surface area contributed by atoms with Crippen molar-refractivity contribution in [3.63, 3.8) is 0 Å². The second-order valence-corrected chi connectivity index (χ2v) is 9.44. The predicted octanol–water partition coefficient (Wildman–Crippen LogP) is 3.30. The molecule has 0 spiro atoms. The highest BCUT2D eigenvalue weighted by atomic mass is 32.2. The maximum Gasteiger partial charge on any atom is 0.303 e. The van der Waals surface area contributed by atoms with Gasteiger partial charge in [0.2, 0.25) is 0 Å². The summed E-state index contributed by atoms with van der Waals surface area (Å²) in [6.07, 6.45) is -1.63. The van der Waals surface area contributed by atoms with E-state index in [2.05, 4.69) is 0 Å². The van der Waals surface area contributed by atoms with Crippen LogP contribution in [0.25, 0.3) is 0 Å². The van der Waals surface area contributed by atoms with Gasteiger partial charge in [0.15, 0.2) is 6.10 Å². The zero-order valence-electron chi connectivity index (χ0n) is 20.0. The number of fused-ring (bicyclic) bond motifs is 1. The van der Waals surface area contributed by atoms with E-state index in [0.717, 1.165) is 10.5 Å². The standard InChI is InChI=1S/C25H30N2O6S/c1-16(28)32-20(14-26(3)4)15-27-21-8-6-7-9-22(21)34-24(23(25(27)30)33-17(2)29)18-10-12-19(31-5)13-11-18/h6-13,20,23-24H,14-15H2,1-5H3/t20?,23-,24+/m0/s1. The lowest BCUT2D eigenvalue weighted by Crippen LogP contribution is -2.48. The van der Waals surface area contributed by atoms with Crippen LogP contribution in [-0.4, -0.2) is 69.2 Å². The van der Waals surface area contributed by atoms with Gasteiger partial charge in [-0.1, -0.05) is 24.3 Å². The van der Waals surface area contributed by atoms with E-state index in [0.29, 0.717) is 18.0 Å². The van der Waals surface area contributed by atoms with Gasteiger partial charge in [0, 0.05) is 25.3 Å². The first-order valence-corrected chi connectivity index (χ1v) is 11.8. The monoisotopic (exact) mass is 486 g/mol. The number of carbonyl (C=O) groups excluding carboxylic acids is 3. The average Bonchev–Trinajstić information content (AvgIpc) is 2.88. The lowest BCUT2D eigenvalue weighted by atomic mass is 10.1. The molecule has 3 atom stereocenters. The van der Waals surface area contributed by atoms with E-state index in [-0.39, 0.29) is 12.5 Å². The van der Waals surface area contributed by atoms with Crippen LogP contribution >= 0.6 is 11.8 Å². The van der Waals surface area contributed by atoms with Crippen LogP contribution in [0.15, 0.2) is 53.4 Å². The summed E-state index contributed by atoms with van der Waals surface area (Å²) < 4.78 is 16.4. The van der Waals surface area contributed by atoms with Crippen molar-refractivity contribution in [2.45, 2.75) is 36.2 Å². The van der Waals surface area contributed by atoms with Crippen molar-refractivity contribution in [3.05, 3.63) is 54.1 Å². The van der Waals surface area contributed by atoms with Crippen molar-refractivity contribution in [1.82, 2.24) is 4.90 Å². The first kappa shape index (κ1) is 25.6. The molecule has 0 saturated carbocycles. The van der Waals surface area contributed by atoms with E-state index in [1.807, 2.05) is 67.5 Å². The number of amides is 1. The quantitative estimate of drug-likeness (QED) is 0.526. The molecule has 8 nitrogen and oxygen atoms in total. The van der Waals surface area contributed by atoms with E-state index in [4.69, 9.17) is 14.2 Å². The van der Waals surface area contributed by atoms with Crippen LogP contribution < -0.4 is 9.64 Å². The molecule has 0 fully saturated rings. The summed E-state index contributed by atoms with van der Waals surface area (Å²) in [5, 5.41) is -0.477. The predicted molar refractivity (Wildman–Crippen MR) is 130 cm³/mol. The Morgan fingerprint density at radius 2 is 1.74 bits per heavy atom. The second kappa shape index (κ2) is 11.4. The van der Waals surface area contributed by atoms with Gasteiger partial charge in [0.05, 0.1) is 24.6 Å². The lowest BCUT2D eigenvalue weighted by molar-refractivity contribution is -0.153. The molecule has 1 aliphatic heterocycles. The summed E-state index contributed by atoms with van der Waals surface area (Å²) >= 11 is 1.46. The normalized spacial score (nSPS) is 18.6. The molecule has 0 bridgehead atoms. The minimum Gasteiger partial charge on any atom is -0.497 e. The molecule has 34 heavy (non-hydrogen) atoms. The molecule has 0 saturated heterocycles. The third-order valence-electron chi connectivity index (χ3n) is 5.22. The number of rotatable bonds is 8. The highest BCUT2D eigenvalue weighted by Gasteiger charge is 2.41. The number of benzene rings is 2. The Labute approximate surface area is 204 Å². The van der Waals surface area contributed by atoms with E-state index in [1.54, 1.807) is 12.0 Å². The number of ether oxygens (including phenoxy) is 3. The topological polar surface area (TPSA) is 85.4 Å². The number of hydrogen-bond acceptors (Lipinski definition) is 8. The van der Waals surface area contributed by atoms with Crippen LogP contribution in [-0.2, 0) is 23.9 Å². The fraction of sp³-hybridized carbons (Fsp3) is 0.400. The molecular formula is C25H30N2O6S. The second-order valence-electron chi connectivity index (χ2n) is 8.25. The Kier molecular flexibility index (Phi) is 8.57. The van der Waals surface area contributed by atoms with Crippen molar-refractivity contribution in [3.8, 4) is 5.75 Å². The molecule has 2 aromatic carbocycles. The number of thioether (sulfide) groups is 1. The number of likely N-dealkylation sites (N-methyl/N-ethyl adjacent to an activating group) is 1. The third kappa shape index (κ3) is 6.30. The number of methoxy groups -OCH3 is 1. The molecular weight excluding hydrogens is 456 g/mol. The van der Waals surface area contributed by atoms with Crippen LogP contribution in [0.4, 0.5) is 5.69 Å². The number of anilines is 1. The lowest BCUT2D eigenvalue weighted by Gasteiger charge is -2.31. The Bertz CT molecular complexity index is 1030. The summed E-state index contributed by atoms with van der Waals surface area (Å²) in [5.41, 5.74) is 1.51. The van der Waals surface area contributed by atoms with E-state index >= 15 is 0 Å². The Balaban J connectivity index is 2.06. The molecule has 2 aromatic rings. The summed E-state index contributed by atoms with van der Waals surface area (Å²) in [4.78, 5) is 42.0. The molecule has 3 rings (SSSR count). The maximum atomic E-state index is 13.9. The molecule has 0 radical (unpaired) electrons. The van der Waals surface area contributed by atoms with Gasteiger partial charge in [-0.15, -0.1) is 11.8 Å². The van der Waals surface area contributed by atoms with Crippen LogP contribution in [0.1, 0.15) is 24.7 Å². The molecule has 0 aliphatic carbocycles. The highest BCUT2D eigenvalue weighted by Crippen LogP contribution is 2.47. The van der Waals surface area contributed by atoms with Gasteiger partial charge in [0.1, 0.15) is 11.9 Å². The molecule has 0 N–H and O–H groups in total. The van der Waals surface area contributed by atoms with Gasteiger partial charge in [-0.25, -0.2) is 0 Å². The molecule has 0 aromatic heterocycles. The Hall–Kier alpha value is -3.04. The fourth-order valence-corrected chi connectivity index (χ4v) is 5.19. The first-order valence-electron chi connectivity index (χ1n) is 10.9. The molecule has 9 heteroatoms. The number of carbonyl (C=O) groups is 3. The van der Waals surface area contributed by atoms with Crippen molar-refractivity contribution in [2.75, 3.05) is 39.2 Å². The first-order chi connectivity index (χ1) is 16.2. The maximum absolute atomic E-state index is 13.9. The van der Waals surface area contributed by atoms with Crippen LogP contribution in [0, 0.1) is 0 Å². The van der Waals surface area contributed by atoms with Crippen LogP contribution in [0.5, 0.6) is 5.75 Å². The Morgan fingerprint density at radius 3 is 2.32 bits per heavy atom. The van der Waals surface area contributed by atoms with Gasteiger partial charge >= 0.3 is 11.9 Å².